The van der Waals surface area contributed by atoms with E-state index in [0.29, 0.717) is 19.3 Å². The van der Waals surface area contributed by atoms with E-state index in [1.165, 1.54) is 4.90 Å². The van der Waals surface area contributed by atoms with Crippen molar-refractivity contribution in [2.75, 3.05) is 0 Å². The fraction of sp³-hybridized carbons (Fsp3) is 0.667. The van der Waals surface area contributed by atoms with Crippen LogP contribution >= 0.6 is 0 Å². The molecule has 1 fully saturated rings. The molecule has 0 N–H and O–H groups in total. The summed E-state index contributed by atoms with van der Waals surface area (Å²) in [6.07, 6.45) is 1.51. The monoisotopic (exact) mass is 180 g/mol. The lowest BCUT2D eigenvalue weighted by atomic mass is 10.1. The predicted octanol–water partition coefficient (Wildman–Crippen LogP) is 0.828. The van der Waals surface area contributed by atoms with Crippen LogP contribution in [0.2, 0.25) is 0 Å². The summed E-state index contributed by atoms with van der Waals surface area (Å²) in [5.74, 6) is -0.265. The molecule has 1 saturated heterocycles. The molecule has 1 aliphatic heterocycles. The Labute approximate surface area is 77.1 Å². The molecule has 0 radical (unpaired) electrons. The normalized spacial score (nSPS) is 18.9. The van der Waals surface area contributed by atoms with Gasteiger partial charge in [-0.25, -0.2) is 0 Å². The van der Waals surface area contributed by atoms with E-state index in [9.17, 15) is 9.59 Å². The first kappa shape index (κ1) is 9.72. The van der Waals surface area contributed by atoms with Gasteiger partial charge in [0.05, 0.1) is 18.5 Å². The average Bonchev–Trinajstić information content (AvgIpc) is 2.43. The number of hydrogen-bond donors (Lipinski definition) is 0. The number of hydrogen-bond acceptors (Lipinski definition) is 3. The Bertz CT molecular complexity index is 251. The van der Waals surface area contributed by atoms with E-state index < -0.39 is 0 Å². The molecule has 0 aromatic heterocycles. The van der Waals surface area contributed by atoms with Gasteiger partial charge in [-0.1, -0.05) is 6.92 Å². The zero-order chi connectivity index (χ0) is 9.84. The first-order chi connectivity index (χ1) is 6.20. The number of carbonyl (C=O) groups excluding carboxylic acids is 2. The molecular formula is C9H12N2O2. The second-order valence-corrected chi connectivity index (χ2v) is 3.08. The van der Waals surface area contributed by atoms with E-state index in [1.54, 1.807) is 0 Å². The summed E-state index contributed by atoms with van der Waals surface area (Å²) < 4.78 is 0. The van der Waals surface area contributed by atoms with Crippen LogP contribution in [0.5, 0.6) is 0 Å². The van der Waals surface area contributed by atoms with Crippen molar-refractivity contribution in [3.8, 4) is 6.07 Å². The van der Waals surface area contributed by atoms with E-state index >= 15 is 0 Å². The fourth-order valence-corrected chi connectivity index (χ4v) is 1.52. The minimum absolute atomic E-state index is 0.132. The SMILES string of the molecule is CCC(CC#N)N1C(=O)CCC1=O. The number of amides is 2. The highest BCUT2D eigenvalue weighted by Gasteiger charge is 2.33. The number of nitriles is 1. The Kier molecular flexibility index (Phi) is 3.02. The number of likely N-dealkylation sites (tertiary alicyclic amines) is 1. The van der Waals surface area contributed by atoms with Crippen molar-refractivity contribution in [3.05, 3.63) is 0 Å². The van der Waals surface area contributed by atoms with Crippen LogP contribution in [0.3, 0.4) is 0 Å². The second kappa shape index (κ2) is 4.04. The highest BCUT2D eigenvalue weighted by atomic mass is 16.2. The maximum atomic E-state index is 11.3. The van der Waals surface area contributed by atoms with E-state index in [-0.39, 0.29) is 24.3 Å². The molecular weight excluding hydrogens is 168 g/mol. The Hall–Kier alpha value is -1.37. The molecule has 0 aromatic rings. The molecule has 70 valence electrons. The average molecular weight is 180 g/mol. The lowest BCUT2D eigenvalue weighted by Gasteiger charge is -2.22. The zero-order valence-electron chi connectivity index (χ0n) is 7.62. The van der Waals surface area contributed by atoms with Crippen LogP contribution in [0.1, 0.15) is 32.6 Å². The van der Waals surface area contributed by atoms with Crippen LogP contribution in [0.15, 0.2) is 0 Å². The lowest BCUT2D eigenvalue weighted by Crippen LogP contribution is -2.38. The third-order valence-corrected chi connectivity index (χ3v) is 2.25. The van der Waals surface area contributed by atoms with Crippen molar-refractivity contribution in [1.82, 2.24) is 4.90 Å². The summed E-state index contributed by atoms with van der Waals surface area (Å²) in [7, 11) is 0. The zero-order valence-corrected chi connectivity index (χ0v) is 7.62. The highest BCUT2D eigenvalue weighted by Crippen LogP contribution is 2.18. The van der Waals surface area contributed by atoms with Crippen LogP contribution in [0.25, 0.3) is 0 Å². The van der Waals surface area contributed by atoms with Crippen LogP contribution < -0.4 is 0 Å². The van der Waals surface area contributed by atoms with Gasteiger partial charge in [-0.15, -0.1) is 0 Å². The first-order valence-electron chi connectivity index (χ1n) is 4.42. The standard InChI is InChI=1S/C9H12N2O2/c1-2-7(5-6-10)11-8(12)3-4-9(11)13/h7H,2-5H2,1H3. The quantitative estimate of drug-likeness (QED) is 0.604. The van der Waals surface area contributed by atoms with E-state index in [0.717, 1.165) is 0 Å². The van der Waals surface area contributed by atoms with Gasteiger partial charge in [0.15, 0.2) is 0 Å². The molecule has 0 bridgehead atoms. The molecule has 1 rings (SSSR count). The third-order valence-electron chi connectivity index (χ3n) is 2.25. The second-order valence-electron chi connectivity index (χ2n) is 3.08. The topological polar surface area (TPSA) is 61.2 Å². The maximum Gasteiger partial charge on any atom is 0.229 e. The van der Waals surface area contributed by atoms with Gasteiger partial charge in [0, 0.05) is 12.8 Å². The van der Waals surface area contributed by atoms with Crippen molar-refractivity contribution >= 4 is 11.8 Å². The molecule has 1 aliphatic rings. The minimum Gasteiger partial charge on any atom is -0.278 e. The van der Waals surface area contributed by atoms with Crippen molar-refractivity contribution in [1.29, 1.82) is 5.26 Å². The number of nitrogens with zero attached hydrogens (tertiary/aromatic N) is 2. The van der Waals surface area contributed by atoms with Crippen molar-refractivity contribution < 1.29 is 9.59 Å². The Balaban J connectivity index is 2.72. The number of rotatable bonds is 3. The maximum absolute atomic E-state index is 11.3. The van der Waals surface area contributed by atoms with Crippen LogP contribution in [0.4, 0.5) is 0 Å². The minimum atomic E-state index is -0.215. The largest absolute Gasteiger partial charge is 0.278 e. The number of carbonyl (C=O) groups is 2. The highest BCUT2D eigenvalue weighted by molar-refractivity contribution is 6.02. The van der Waals surface area contributed by atoms with Gasteiger partial charge in [-0.3, -0.25) is 14.5 Å². The van der Waals surface area contributed by atoms with Gasteiger partial charge in [0.2, 0.25) is 11.8 Å². The number of imide groups is 1. The molecule has 0 spiro atoms. The molecule has 1 unspecified atom stereocenters. The van der Waals surface area contributed by atoms with Crippen molar-refractivity contribution in [2.24, 2.45) is 0 Å². The molecule has 0 saturated carbocycles. The third kappa shape index (κ3) is 1.86. The van der Waals surface area contributed by atoms with Crippen LogP contribution in [-0.4, -0.2) is 22.8 Å². The molecule has 1 heterocycles. The van der Waals surface area contributed by atoms with Gasteiger partial charge in [-0.05, 0) is 6.42 Å². The molecule has 1 atom stereocenters. The van der Waals surface area contributed by atoms with E-state index in [2.05, 4.69) is 0 Å². The summed E-state index contributed by atoms with van der Waals surface area (Å²) in [5.41, 5.74) is 0. The lowest BCUT2D eigenvalue weighted by molar-refractivity contribution is -0.141. The fourth-order valence-electron chi connectivity index (χ4n) is 1.52. The Morgan fingerprint density at radius 1 is 1.46 bits per heavy atom. The summed E-state index contributed by atoms with van der Waals surface area (Å²) in [6, 6.07) is 1.78. The summed E-state index contributed by atoms with van der Waals surface area (Å²) in [6.45, 7) is 1.88. The first-order valence-corrected chi connectivity index (χ1v) is 4.42. The smallest absolute Gasteiger partial charge is 0.229 e. The molecule has 2 amide bonds. The van der Waals surface area contributed by atoms with Gasteiger partial charge < -0.3 is 0 Å². The summed E-state index contributed by atoms with van der Waals surface area (Å²) >= 11 is 0. The Morgan fingerprint density at radius 2 is 2.00 bits per heavy atom. The molecule has 13 heavy (non-hydrogen) atoms. The van der Waals surface area contributed by atoms with Gasteiger partial charge in [-0.2, -0.15) is 5.26 Å². The summed E-state index contributed by atoms with van der Waals surface area (Å²) in [5, 5.41) is 8.50. The predicted molar refractivity (Wildman–Crippen MR) is 45.4 cm³/mol. The summed E-state index contributed by atoms with van der Waals surface area (Å²) in [4.78, 5) is 23.8. The molecule has 4 nitrogen and oxygen atoms in total. The Morgan fingerprint density at radius 3 is 2.38 bits per heavy atom. The van der Waals surface area contributed by atoms with Crippen LogP contribution in [0, 0.1) is 11.3 Å². The molecule has 4 heteroatoms. The van der Waals surface area contributed by atoms with Gasteiger partial charge >= 0.3 is 0 Å². The van der Waals surface area contributed by atoms with Gasteiger partial charge in [0.25, 0.3) is 0 Å². The molecule has 0 aliphatic carbocycles. The van der Waals surface area contributed by atoms with E-state index in [4.69, 9.17) is 5.26 Å². The van der Waals surface area contributed by atoms with Crippen LogP contribution in [-0.2, 0) is 9.59 Å². The van der Waals surface area contributed by atoms with Crippen molar-refractivity contribution in [3.63, 3.8) is 0 Å². The molecule has 0 aromatic carbocycles. The van der Waals surface area contributed by atoms with Gasteiger partial charge in [0.1, 0.15) is 0 Å². The van der Waals surface area contributed by atoms with Crippen molar-refractivity contribution in [2.45, 2.75) is 38.6 Å². The van der Waals surface area contributed by atoms with E-state index in [1.807, 2.05) is 13.0 Å².